The minimum atomic E-state index is -0.0878. The Balaban J connectivity index is 1.38. The number of carbonyl (C=O) groups excluding carboxylic acids is 1. The molecule has 0 aliphatic carbocycles. The fraction of sp³-hybridized carbons (Fsp3) is 0.0606. The van der Waals surface area contributed by atoms with Gasteiger partial charge in [-0.05, 0) is 59.7 Å². The summed E-state index contributed by atoms with van der Waals surface area (Å²) in [6.07, 6.45) is 1.06. The maximum Gasteiger partial charge on any atom is 0.216 e. The second-order valence-electron chi connectivity index (χ2n) is 9.51. The van der Waals surface area contributed by atoms with Gasteiger partial charge >= 0.3 is 0 Å². The number of carbonyl (C=O) groups is 1. The van der Waals surface area contributed by atoms with Crippen molar-refractivity contribution in [3.05, 3.63) is 152 Å². The first-order valence-electron chi connectivity index (χ1n) is 13.2. The zero-order valence-electron chi connectivity index (χ0n) is 22.2. The molecule has 2 N–H and O–H groups in total. The van der Waals surface area contributed by atoms with Gasteiger partial charge in [0.05, 0.1) is 11.4 Å². The fourth-order valence-electron chi connectivity index (χ4n) is 4.40. The van der Waals surface area contributed by atoms with E-state index in [2.05, 4.69) is 10.6 Å². The van der Waals surface area contributed by atoms with Crippen molar-refractivity contribution in [2.24, 2.45) is 0 Å². The van der Waals surface area contributed by atoms with Gasteiger partial charge in [0.2, 0.25) is 5.78 Å². The second-order valence-corrected chi connectivity index (χ2v) is 12.4. The number of halogens is 2. The molecule has 42 heavy (non-hydrogen) atoms. The SMILES string of the molecule is O=C(c1sc(Nc2ccc(Cl)cc2)nc1Cc1ccccc1)c1sc(Nc2ccc(Cl)cc2)nc1Cc1ccccc1. The fourth-order valence-corrected chi connectivity index (χ4v) is 6.61. The lowest BCUT2D eigenvalue weighted by molar-refractivity contribution is 0.104. The van der Waals surface area contributed by atoms with E-state index < -0.39 is 0 Å². The van der Waals surface area contributed by atoms with Gasteiger partial charge in [-0.2, -0.15) is 0 Å². The standard InChI is InChI=1S/C33H24Cl2N4OS2/c34-23-11-15-25(16-12-23)36-32-38-27(19-21-7-3-1-4-8-21)30(41-32)29(40)31-28(20-22-9-5-2-6-10-22)39-33(42-31)37-26-17-13-24(35)14-18-26/h1-18H,19-20H2,(H,36,38)(H,37,39). The zero-order chi connectivity index (χ0) is 28.9. The first-order valence-corrected chi connectivity index (χ1v) is 15.6. The Bertz CT molecular complexity index is 1670. The molecule has 0 atom stereocenters. The normalized spacial score (nSPS) is 10.9. The van der Waals surface area contributed by atoms with E-state index in [4.69, 9.17) is 33.2 Å². The maximum atomic E-state index is 14.3. The monoisotopic (exact) mass is 626 g/mol. The van der Waals surface area contributed by atoms with Gasteiger partial charge in [0.15, 0.2) is 10.3 Å². The van der Waals surface area contributed by atoms with Crippen LogP contribution < -0.4 is 10.6 Å². The van der Waals surface area contributed by atoms with Gasteiger partial charge in [-0.15, -0.1) is 0 Å². The minimum absolute atomic E-state index is 0.0878. The van der Waals surface area contributed by atoms with E-state index in [-0.39, 0.29) is 5.78 Å². The molecule has 0 saturated carbocycles. The molecule has 0 spiro atoms. The second kappa shape index (κ2) is 12.9. The Labute approximate surface area is 261 Å². The quantitative estimate of drug-likeness (QED) is 0.148. The number of hydrogen-bond acceptors (Lipinski definition) is 7. The van der Waals surface area contributed by atoms with Gasteiger partial charge in [-0.25, -0.2) is 9.97 Å². The predicted octanol–water partition coefficient (Wildman–Crippen LogP) is 9.81. The summed E-state index contributed by atoms with van der Waals surface area (Å²) in [6.45, 7) is 0. The lowest BCUT2D eigenvalue weighted by Crippen LogP contribution is -2.05. The number of ketones is 1. The van der Waals surface area contributed by atoms with E-state index in [9.17, 15) is 4.79 Å². The summed E-state index contributed by atoms with van der Waals surface area (Å²) < 4.78 is 0. The number of benzene rings is 4. The molecule has 0 amide bonds. The van der Waals surface area contributed by atoms with Crippen LogP contribution in [0.2, 0.25) is 10.0 Å². The zero-order valence-corrected chi connectivity index (χ0v) is 25.3. The highest BCUT2D eigenvalue weighted by atomic mass is 35.5. The van der Waals surface area contributed by atoms with E-state index >= 15 is 0 Å². The first kappa shape index (κ1) is 28.1. The van der Waals surface area contributed by atoms with Crippen LogP contribution in [-0.4, -0.2) is 15.8 Å². The molecule has 0 unspecified atom stereocenters. The number of anilines is 4. The molecule has 0 saturated heterocycles. The average Bonchev–Trinajstić information content (AvgIpc) is 3.59. The van der Waals surface area contributed by atoms with Crippen molar-refractivity contribution in [1.82, 2.24) is 9.97 Å². The largest absolute Gasteiger partial charge is 0.332 e. The number of hydrogen-bond donors (Lipinski definition) is 2. The van der Waals surface area contributed by atoms with E-state index in [0.29, 0.717) is 42.9 Å². The third-order valence-corrected chi connectivity index (χ3v) is 8.95. The smallest absolute Gasteiger partial charge is 0.216 e. The summed E-state index contributed by atoms with van der Waals surface area (Å²) >= 11 is 14.8. The number of rotatable bonds is 10. The third kappa shape index (κ3) is 6.89. The molecular weight excluding hydrogens is 603 g/mol. The number of aromatic nitrogens is 2. The summed E-state index contributed by atoms with van der Waals surface area (Å²) in [7, 11) is 0. The van der Waals surface area contributed by atoms with Crippen molar-refractivity contribution < 1.29 is 4.79 Å². The molecule has 2 aromatic heterocycles. The first-order chi connectivity index (χ1) is 20.5. The number of nitrogens with zero attached hydrogens (tertiary/aromatic N) is 2. The Morgan fingerprint density at radius 2 is 0.952 bits per heavy atom. The molecule has 208 valence electrons. The third-order valence-electron chi connectivity index (χ3n) is 6.43. The minimum Gasteiger partial charge on any atom is -0.332 e. The molecule has 2 heterocycles. The predicted molar refractivity (Wildman–Crippen MR) is 176 cm³/mol. The van der Waals surface area contributed by atoms with Crippen molar-refractivity contribution in [2.75, 3.05) is 10.6 Å². The van der Waals surface area contributed by atoms with Crippen LogP contribution in [0.3, 0.4) is 0 Å². The van der Waals surface area contributed by atoms with Crippen LogP contribution in [0.5, 0.6) is 0 Å². The van der Waals surface area contributed by atoms with Gasteiger partial charge in [0, 0.05) is 34.3 Å². The van der Waals surface area contributed by atoms with Gasteiger partial charge in [0.25, 0.3) is 0 Å². The topological polar surface area (TPSA) is 66.9 Å². The molecule has 9 heteroatoms. The van der Waals surface area contributed by atoms with Crippen LogP contribution >= 0.6 is 45.9 Å². The lowest BCUT2D eigenvalue weighted by atomic mass is 10.1. The van der Waals surface area contributed by atoms with Crippen molar-refractivity contribution in [3.63, 3.8) is 0 Å². The van der Waals surface area contributed by atoms with Crippen molar-refractivity contribution in [1.29, 1.82) is 0 Å². The van der Waals surface area contributed by atoms with E-state index in [1.54, 1.807) is 0 Å². The van der Waals surface area contributed by atoms with Crippen LogP contribution in [0.25, 0.3) is 0 Å². The molecular formula is C33H24Cl2N4OS2. The van der Waals surface area contributed by atoms with Gasteiger partial charge < -0.3 is 10.6 Å². The van der Waals surface area contributed by atoms with Crippen LogP contribution in [0.15, 0.2) is 109 Å². The molecule has 0 aliphatic heterocycles. The average molecular weight is 628 g/mol. The summed E-state index contributed by atoms with van der Waals surface area (Å²) in [6, 6.07) is 34.9. The van der Waals surface area contributed by atoms with E-state index in [1.807, 2.05) is 109 Å². The molecule has 0 bridgehead atoms. The Morgan fingerprint density at radius 3 is 1.33 bits per heavy atom. The molecule has 0 radical (unpaired) electrons. The van der Waals surface area contributed by atoms with E-state index in [0.717, 1.165) is 33.9 Å². The van der Waals surface area contributed by atoms with Crippen LogP contribution in [-0.2, 0) is 12.8 Å². The molecule has 0 fully saturated rings. The maximum absolute atomic E-state index is 14.3. The lowest BCUT2D eigenvalue weighted by Gasteiger charge is -2.04. The number of thiazole rings is 2. The van der Waals surface area contributed by atoms with Crippen molar-refractivity contribution in [3.8, 4) is 0 Å². The van der Waals surface area contributed by atoms with Crippen molar-refractivity contribution in [2.45, 2.75) is 12.8 Å². The van der Waals surface area contributed by atoms with Gasteiger partial charge in [-0.3, -0.25) is 4.79 Å². The van der Waals surface area contributed by atoms with Crippen molar-refractivity contribution >= 4 is 73.3 Å². The number of nitrogens with one attached hydrogen (secondary N) is 2. The molecule has 5 nitrogen and oxygen atoms in total. The molecule has 0 aliphatic rings. The Morgan fingerprint density at radius 1 is 0.571 bits per heavy atom. The molecule has 4 aromatic carbocycles. The summed E-state index contributed by atoms with van der Waals surface area (Å²) in [5.41, 5.74) is 5.28. The summed E-state index contributed by atoms with van der Waals surface area (Å²) in [5, 5.41) is 9.27. The Hall–Kier alpha value is -4.01. The van der Waals surface area contributed by atoms with Crippen LogP contribution in [0.4, 0.5) is 21.6 Å². The van der Waals surface area contributed by atoms with Gasteiger partial charge in [0.1, 0.15) is 9.75 Å². The van der Waals surface area contributed by atoms with Crippen LogP contribution in [0.1, 0.15) is 37.1 Å². The molecule has 6 rings (SSSR count). The van der Waals surface area contributed by atoms with Crippen LogP contribution in [0, 0.1) is 0 Å². The van der Waals surface area contributed by atoms with Gasteiger partial charge in [-0.1, -0.05) is 107 Å². The summed E-state index contributed by atoms with van der Waals surface area (Å²) in [4.78, 5) is 25.3. The Kier molecular flexibility index (Phi) is 8.63. The highest BCUT2D eigenvalue weighted by Crippen LogP contribution is 2.35. The molecule has 6 aromatic rings. The van der Waals surface area contributed by atoms with E-state index in [1.165, 1.54) is 22.7 Å². The highest BCUT2D eigenvalue weighted by molar-refractivity contribution is 7.21. The summed E-state index contributed by atoms with van der Waals surface area (Å²) in [5.74, 6) is -0.0878. The highest BCUT2D eigenvalue weighted by Gasteiger charge is 2.26.